The van der Waals surface area contributed by atoms with Crippen molar-refractivity contribution in [2.45, 2.75) is 0 Å². The number of benzene rings is 2. The van der Waals surface area contributed by atoms with E-state index in [1.807, 2.05) is 0 Å². The van der Waals surface area contributed by atoms with Crippen molar-refractivity contribution in [1.29, 1.82) is 0 Å². The van der Waals surface area contributed by atoms with Gasteiger partial charge in [0.15, 0.2) is 6.61 Å². The Labute approximate surface area is 159 Å². The topological polar surface area (TPSA) is 148 Å². The monoisotopic (exact) mass is 387 g/mol. The van der Waals surface area contributed by atoms with E-state index in [1.54, 1.807) is 18.2 Å². The molecule has 28 heavy (non-hydrogen) atoms. The number of ether oxygens (including phenoxy) is 1. The molecule has 0 bridgehead atoms. The molecule has 0 fully saturated rings. The molecule has 0 atom stereocenters. The second kappa shape index (κ2) is 9.78. The first-order valence-corrected chi connectivity index (χ1v) is 8.12. The highest BCUT2D eigenvalue weighted by Gasteiger charge is 2.19. The summed E-state index contributed by atoms with van der Waals surface area (Å²) in [5.41, 5.74) is -0.0585. The lowest BCUT2D eigenvalue weighted by Crippen LogP contribution is -2.34. The molecule has 0 aliphatic rings. The van der Waals surface area contributed by atoms with E-state index in [4.69, 9.17) is 9.84 Å². The first kappa shape index (κ1) is 20.5. The highest BCUT2D eigenvalue weighted by atomic mass is 16.6. The number of carbonyl (C=O) groups excluding carboxylic acids is 3. The van der Waals surface area contributed by atoms with Gasteiger partial charge in [-0.15, -0.1) is 0 Å². The molecule has 2 rings (SSSR count). The molecule has 0 aliphatic carbocycles. The van der Waals surface area contributed by atoms with Gasteiger partial charge in [-0.05, 0) is 18.2 Å². The van der Waals surface area contributed by atoms with Crippen LogP contribution in [0.4, 0.5) is 11.4 Å². The quantitative estimate of drug-likeness (QED) is 0.347. The van der Waals surface area contributed by atoms with Gasteiger partial charge in [-0.25, -0.2) is 4.79 Å². The van der Waals surface area contributed by atoms with Crippen LogP contribution in [0.3, 0.4) is 0 Å². The lowest BCUT2D eigenvalue weighted by molar-refractivity contribution is -0.384. The van der Waals surface area contributed by atoms with Crippen LogP contribution in [0.25, 0.3) is 0 Å². The van der Waals surface area contributed by atoms with E-state index in [1.165, 1.54) is 24.3 Å². The summed E-state index contributed by atoms with van der Waals surface area (Å²) in [6, 6.07) is 11.5. The highest BCUT2D eigenvalue weighted by Crippen LogP contribution is 2.23. The van der Waals surface area contributed by atoms with Crippen molar-refractivity contribution >= 4 is 29.2 Å². The van der Waals surface area contributed by atoms with Crippen LogP contribution < -0.4 is 10.6 Å². The third-order valence-corrected chi connectivity index (χ3v) is 3.48. The number of carbonyl (C=O) groups is 3. The van der Waals surface area contributed by atoms with Gasteiger partial charge in [-0.3, -0.25) is 25.0 Å². The van der Waals surface area contributed by atoms with E-state index >= 15 is 0 Å². The normalized spacial score (nSPS) is 10.0. The molecular weight excluding hydrogens is 370 g/mol. The molecular formula is C18H17N3O7. The Morgan fingerprint density at radius 1 is 1.11 bits per heavy atom. The standard InChI is InChI=1S/C18H17N3O7/c22-9-8-19-15-7-6-13(21(26)27)10-14(15)18(25)28-11-16(23)20-17(24)12-4-2-1-3-5-12/h1-7,10,19,22H,8-9,11H2,(H,20,23,24). The average Bonchev–Trinajstić information content (AvgIpc) is 2.70. The van der Waals surface area contributed by atoms with Crippen molar-refractivity contribution in [3.05, 3.63) is 69.8 Å². The van der Waals surface area contributed by atoms with Crippen molar-refractivity contribution in [3.8, 4) is 0 Å². The molecule has 2 amide bonds. The summed E-state index contributed by atoms with van der Waals surface area (Å²) in [4.78, 5) is 46.2. The van der Waals surface area contributed by atoms with Gasteiger partial charge in [0.05, 0.1) is 17.1 Å². The Kier molecular flexibility index (Phi) is 7.17. The van der Waals surface area contributed by atoms with Gasteiger partial charge in [0.25, 0.3) is 17.5 Å². The van der Waals surface area contributed by atoms with Gasteiger partial charge in [0.1, 0.15) is 0 Å². The number of amides is 2. The summed E-state index contributed by atoms with van der Waals surface area (Å²) < 4.78 is 4.85. The summed E-state index contributed by atoms with van der Waals surface area (Å²) in [5, 5.41) is 24.6. The molecule has 0 spiro atoms. The Morgan fingerprint density at radius 3 is 2.46 bits per heavy atom. The number of imide groups is 1. The van der Waals surface area contributed by atoms with Crippen LogP contribution in [-0.2, 0) is 9.53 Å². The van der Waals surface area contributed by atoms with Crippen molar-refractivity contribution in [2.24, 2.45) is 0 Å². The number of nitro benzene ring substituents is 1. The Morgan fingerprint density at radius 2 is 1.82 bits per heavy atom. The predicted octanol–water partition coefficient (Wildman–Crippen LogP) is 1.11. The van der Waals surface area contributed by atoms with Crippen LogP contribution in [-0.4, -0.2) is 47.6 Å². The van der Waals surface area contributed by atoms with Crippen LogP contribution in [0.1, 0.15) is 20.7 Å². The fraction of sp³-hybridized carbons (Fsp3) is 0.167. The van der Waals surface area contributed by atoms with Gasteiger partial charge in [-0.1, -0.05) is 18.2 Å². The summed E-state index contributed by atoms with van der Waals surface area (Å²) in [7, 11) is 0. The van der Waals surface area contributed by atoms with Crippen molar-refractivity contribution in [1.82, 2.24) is 5.32 Å². The van der Waals surface area contributed by atoms with Gasteiger partial charge in [0, 0.05) is 29.9 Å². The maximum Gasteiger partial charge on any atom is 0.341 e. The minimum atomic E-state index is -0.994. The van der Waals surface area contributed by atoms with Crippen molar-refractivity contribution in [2.75, 3.05) is 25.1 Å². The van der Waals surface area contributed by atoms with Crippen LogP contribution in [0.2, 0.25) is 0 Å². The number of nitro groups is 1. The number of non-ortho nitro benzene ring substituents is 1. The molecule has 3 N–H and O–H groups in total. The summed E-state index contributed by atoms with van der Waals surface area (Å²) in [5.74, 6) is -2.49. The van der Waals surface area contributed by atoms with E-state index in [-0.39, 0.29) is 35.7 Å². The maximum atomic E-state index is 12.3. The highest BCUT2D eigenvalue weighted by molar-refractivity contribution is 6.05. The smallest absolute Gasteiger partial charge is 0.341 e. The minimum absolute atomic E-state index is 0.101. The fourth-order valence-corrected chi connectivity index (χ4v) is 2.19. The summed E-state index contributed by atoms with van der Waals surface area (Å²) in [6.07, 6.45) is 0. The second-order valence-corrected chi connectivity index (χ2v) is 5.46. The van der Waals surface area contributed by atoms with Gasteiger partial charge in [0.2, 0.25) is 0 Å². The number of hydrogen-bond acceptors (Lipinski definition) is 8. The Bertz CT molecular complexity index is 884. The fourth-order valence-electron chi connectivity index (χ4n) is 2.19. The molecule has 0 aliphatic heterocycles. The van der Waals surface area contributed by atoms with E-state index in [9.17, 15) is 24.5 Å². The first-order chi connectivity index (χ1) is 13.4. The zero-order valence-electron chi connectivity index (χ0n) is 14.6. The van der Waals surface area contributed by atoms with E-state index < -0.39 is 29.3 Å². The number of nitrogens with zero attached hydrogens (tertiary/aromatic N) is 1. The second-order valence-electron chi connectivity index (χ2n) is 5.46. The molecule has 0 saturated heterocycles. The molecule has 0 heterocycles. The number of rotatable bonds is 8. The number of anilines is 1. The third-order valence-electron chi connectivity index (χ3n) is 3.48. The number of aliphatic hydroxyl groups is 1. The summed E-state index contributed by atoms with van der Waals surface area (Å²) >= 11 is 0. The molecule has 2 aromatic rings. The number of hydrogen-bond donors (Lipinski definition) is 3. The van der Waals surface area contributed by atoms with E-state index in [2.05, 4.69) is 10.6 Å². The SMILES string of the molecule is O=C(COC(=O)c1cc([N+](=O)[O-])ccc1NCCO)NC(=O)c1ccccc1. The minimum Gasteiger partial charge on any atom is -0.452 e. The molecule has 0 saturated carbocycles. The Hall–Kier alpha value is -3.79. The molecule has 2 aromatic carbocycles. The third kappa shape index (κ3) is 5.61. The van der Waals surface area contributed by atoms with Crippen LogP contribution >= 0.6 is 0 Å². The van der Waals surface area contributed by atoms with Gasteiger partial charge < -0.3 is 15.2 Å². The van der Waals surface area contributed by atoms with Crippen molar-refractivity contribution in [3.63, 3.8) is 0 Å². The zero-order chi connectivity index (χ0) is 20.5. The van der Waals surface area contributed by atoms with Crippen LogP contribution in [0.15, 0.2) is 48.5 Å². The van der Waals surface area contributed by atoms with Gasteiger partial charge >= 0.3 is 5.97 Å². The molecule has 10 heteroatoms. The molecule has 0 radical (unpaired) electrons. The molecule has 10 nitrogen and oxygen atoms in total. The molecule has 0 aromatic heterocycles. The van der Waals surface area contributed by atoms with Crippen LogP contribution in [0, 0.1) is 10.1 Å². The van der Waals surface area contributed by atoms with Gasteiger partial charge in [-0.2, -0.15) is 0 Å². The average molecular weight is 387 g/mol. The predicted molar refractivity (Wildman–Crippen MR) is 97.9 cm³/mol. The lowest BCUT2D eigenvalue weighted by Gasteiger charge is -2.11. The Balaban J connectivity index is 2.03. The number of nitrogens with one attached hydrogen (secondary N) is 2. The van der Waals surface area contributed by atoms with Crippen molar-refractivity contribution < 1.29 is 29.2 Å². The van der Waals surface area contributed by atoms with E-state index in [0.717, 1.165) is 6.07 Å². The van der Waals surface area contributed by atoms with Crippen LogP contribution in [0.5, 0.6) is 0 Å². The first-order valence-electron chi connectivity index (χ1n) is 8.12. The largest absolute Gasteiger partial charge is 0.452 e. The van der Waals surface area contributed by atoms with E-state index in [0.29, 0.717) is 0 Å². The zero-order valence-corrected chi connectivity index (χ0v) is 14.6. The summed E-state index contributed by atoms with van der Waals surface area (Å²) in [6.45, 7) is -0.876. The number of esters is 1. The maximum absolute atomic E-state index is 12.3. The number of aliphatic hydroxyl groups excluding tert-OH is 1. The molecule has 146 valence electrons. The molecule has 0 unspecified atom stereocenters. The lowest BCUT2D eigenvalue weighted by atomic mass is 10.1.